The molecule has 0 fully saturated rings. The van der Waals surface area contributed by atoms with Gasteiger partial charge in [0.05, 0.1) is 5.69 Å². The van der Waals surface area contributed by atoms with Gasteiger partial charge in [0.25, 0.3) is 5.91 Å². The second kappa shape index (κ2) is 6.01. The molecule has 2 aromatic rings. The SMILES string of the molecule is Nc1ccc(OCC(=O)Nc2ccccc2F)c(F)c1. The molecule has 0 spiro atoms. The van der Waals surface area contributed by atoms with Crippen molar-refractivity contribution in [2.45, 2.75) is 0 Å². The highest BCUT2D eigenvalue weighted by molar-refractivity contribution is 5.91. The fourth-order valence-electron chi connectivity index (χ4n) is 1.53. The zero-order valence-electron chi connectivity index (χ0n) is 10.4. The van der Waals surface area contributed by atoms with E-state index in [1.54, 1.807) is 6.07 Å². The molecule has 0 saturated heterocycles. The molecule has 0 aromatic heterocycles. The molecule has 0 aliphatic rings. The molecule has 0 radical (unpaired) electrons. The Balaban J connectivity index is 1.94. The maximum atomic E-state index is 13.4. The van der Waals surface area contributed by atoms with E-state index in [-0.39, 0.29) is 17.1 Å². The maximum absolute atomic E-state index is 13.4. The number of nitrogen functional groups attached to an aromatic ring is 1. The predicted molar refractivity (Wildman–Crippen MR) is 71.3 cm³/mol. The number of anilines is 2. The highest BCUT2D eigenvalue weighted by atomic mass is 19.1. The van der Waals surface area contributed by atoms with Gasteiger partial charge in [-0.15, -0.1) is 0 Å². The highest BCUT2D eigenvalue weighted by Gasteiger charge is 2.09. The van der Waals surface area contributed by atoms with Crippen LogP contribution in [0.4, 0.5) is 20.2 Å². The van der Waals surface area contributed by atoms with Crippen molar-refractivity contribution in [2.24, 2.45) is 0 Å². The van der Waals surface area contributed by atoms with Crippen LogP contribution in [-0.2, 0) is 4.79 Å². The van der Waals surface area contributed by atoms with Crippen LogP contribution in [0, 0.1) is 11.6 Å². The van der Waals surface area contributed by atoms with Crippen LogP contribution in [0.15, 0.2) is 42.5 Å². The van der Waals surface area contributed by atoms with Crippen molar-refractivity contribution in [1.29, 1.82) is 0 Å². The number of para-hydroxylation sites is 1. The number of nitrogens with two attached hydrogens (primary N) is 1. The maximum Gasteiger partial charge on any atom is 0.262 e. The standard InChI is InChI=1S/C14H12F2N2O2/c15-10-3-1-2-4-12(10)18-14(19)8-20-13-6-5-9(17)7-11(13)16/h1-7H,8,17H2,(H,18,19). The molecule has 104 valence electrons. The normalized spacial score (nSPS) is 10.1. The van der Waals surface area contributed by atoms with Gasteiger partial charge in [0.15, 0.2) is 18.2 Å². The summed E-state index contributed by atoms with van der Waals surface area (Å²) < 4.78 is 31.7. The van der Waals surface area contributed by atoms with Gasteiger partial charge in [0.2, 0.25) is 0 Å². The molecule has 6 heteroatoms. The topological polar surface area (TPSA) is 64.3 Å². The van der Waals surface area contributed by atoms with E-state index in [4.69, 9.17) is 10.5 Å². The first kappa shape index (κ1) is 13.8. The van der Waals surface area contributed by atoms with E-state index in [1.807, 2.05) is 0 Å². The van der Waals surface area contributed by atoms with Gasteiger partial charge < -0.3 is 15.8 Å². The monoisotopic (exact) mass is 278 g/mol. The first-order valence-corrected chi connectivity index (χ1v) is 5.78. The molecular weight excluding hydrogens is 266 g/mol. The number of ether oxygens (including phenoxy) is 1. The zero-order valence-corrected chi connectivity index (χ0v) is 10.4. The fourth-order valence-corrected chi connectivity index (χ4v) is 1.53. The zero-order chi connectivity index (χ0) is 14.5. The van der Waals surface area contributed by atoms with Gasteiger partial charge in [-0.3, -0.25) is 4.79 Å². The third-order valence-electron chi connectivity index (χ3n) is 2.46. The predicted octanol–water partition coefficient (Wildman–Crippen LogP) is 2.56. The molecule has 0 unspecified atom stereocenters. The number of carbonyl (C=O) groups is 1. The van der Waals surface area contributed by atoms with E-state index < -0.39 is 24.1 Å². The van der Waals surface area contributed by atoms with E-state index in [1.165, 1.54) is 30.3 Å². The van der Waals surface area contributed by atoms with Crippen LogP contribution in [0.1, 0.15) is 0 Å². The Hall–Kier alpha value is -2.63. The molecule has 0 aliphatic heterocycles. The minimum atomic E-state index is -0.663. The minimum Gasteiger partial charge on any atom is -0.481 e. The van der Waals surface area contributed by atoms with Crippen LogP contribution < -0.4 is 15.8 Å². The quantitative estimate of drug-likeness (QED) is 0.845. The molecule has 0 bridgehead atoms. The molecule has 0 saturated carbocycles. The van der Waals surface area contributed by atoms with Crippen LogP contribution in [-0.4, -0.2) is 12.5 Å². The lowest BCUT2D eigenvalue weighted by molar-refractivity contribution is -0.118. The summed E-state index contributed by atoms with van der Waals surface area (Å²) in [6.45, 7) is -0.435. The molecule has 2 aromatic carbocycles. The van der Waals surface area contributed by atoms with Crippen LogP contribution >= 0.6 is 0 Å². The van der Waals surface area contributed by atoms with Crippen molar-refractivity contribution in [3.8, 4) is 5.75 Å². The van der Waals surface area contributed by atoms with Crippen molar-refractivity contribution in [2.75, 3.05) is 17.7 Å². The third-order valence-corrected chi connectivity index (χ3v) is 2.46. The average Bonchev–Trinajstić information content (AvgIpc) is 2.40. The lowest BCUT2D eigenvalue weighted by Gasteiger charge is -2.09. The van der Waals surface area contributed by atoms with Crippen LogP contribution in [0.25, 0.3) is 0 Å². The Morgan fingerprint density at radius 3 is 2.60 bits per heavy atom. The van der Waals surface area contributed by atoms with Gasteiger partial charge in [0, 0.05) is 11.8 Å². The summed E-state index contributed by atoms with van der Waals surface area (Å²) in [6, 6.07) is 9.58. The molecule has 0 heterocycles. The van der Waals surface area contributed by atoms with Crippen molar-refractivity contribution in [3.05, 3.63) is 54.1 Å². The number of hydrogen-bond donors (Lipinski definition) is 2. The van der Waals surface area contributed by atoms with E-state index in [2.05, 4.69) is 5.32 Å². The first-order valence-electron chi connectivity index (χ1n) is 5.78. The number of halogens is 2. The Bertz CT molecular complexity index is 632. The van der Waals surface area contributed by atoms with Gasteiger partial charge in [-0.25, -0.2) is 8.78 Å². The van der Waals surface area contributed by atoms with Gasteiger partial charge in [-0.2, -0.15) is 0 Å². The molecule has 0 aliphatic carbocycles. The summed E-state index contributed by atoms with van der Waals surface area (Å²) in [4.78, 5) is 11.6. The fraction of sp³-hybridized carbons (Fsp3) is 0.0714. The summed E-state index contributed by atoms with van der Waals surface area (Å²) in [5.41, 5.74) is 5.68. The van der Waals surface area contributed by atoms with Crippen molar-refractivity contribution >= 4 is 17.3 Å². The molecular formula is C14H12F2N2O2. The van der Waals surface area contributed by atoms with Gasteiger partial charge in [-0.05, 0) is 24.3 Å². The van der Waals surface area contributed by atoms with Crippen molar-refractivity contribution in [1.82, 2.24) is 0 Å². The molecule has 2 rings (SSSR count). The lowest BCUT2D eigenvalue weighted by Crippen LogP contribution is -2.21. The van der Waals surface area contributed by atoms with Gasteiger partial charge in [0.1, 0.15) is 5.82 Å². The Labute approximate surface area is 114 Å². The van der Waals surface area contributed by atoms with Crippen LogP contribution in [0.5, 0.6) is 5.75 Å². The number of nitrogens with one attached hydrogen (secondary N) is 1. The minimum absolute atomic E-state index is 0.0406. The van der Waals surface area contributed by atoms with Crippen molar-refractivity contribution < 1.29 is 18.3 Å². The number of benzene rings is 2. The average molecular weight is 278 g/mol. The number of amides is 1. The summed E-state index contributed by atoms with van der Waals surface area (Å²) >= 11 is 0. The molecule has 4 nitrogen and oxygen atoms in total. The molecule has 20 heavy (non-hydrogen) atoms. The highest BCUT2D eigenvalue weighted by Crippen LogP contribution is 2.19. The van der Waals surface area contributed by atoms with E-state index in [0.717, 1.165) is 6.07 Å². The molecule has 0 atom stereocenters. The smallest absolute Gasteiger partial charge is 0.262 e. The number of carbonyl (C=O) groups excluding carboxylic acids is 1. The van der Waals surface area contributed by atoms with E-state index in [9.17, 15) is 13.6 Å². The second-order valence-electron chi connectivity index (χ2n) is 4.01. The Kier molecular flexibility index (Phi) is 4.14. The largest absolute Gasteiger partial charge is 0.481 e. The Morgan fingerprint density at radius 2 is 1.90 bits per heavy atom. The van der Waals surface area contributed by atoms with Gasteiger partial charge in [-0.1, -0.05) is 12.1 Å². The van der Waals surface area contributed by atoms with Crippen LogP contribution in [0.3, 0.4) is 0 Å². The number of rotatable bonds is 4. The first-order chi connectivity index (χ1) is 9.56. The summed E-state index contributed by atoms with van der Waals surface area (Å²) in [7, 11) is 0. The Morgan fingerprint density at radius 1 is 1.15 bits per heavy atom. The summed E-state index contributed by atoms with van der Waals surface area (Å²) in [5, 5.41) is 2.33. The second-order valence-corrected chi connectivity index (χ2v) is 4.01. The van der Waals surface area contributed by atoms with Crippen LogP contribution in [0.2, 0.25) is 0 Å². The lowest BCUT2D eigenvalue weighted by atomic mass is 10.3. The van der Waals surface area contributed by atoms with Gasteiger partial charge >= 0.3 is 0 Å². The summed E-state index contributed by atoms with van der Waals surface area (Å²) in [5.74, 6) is -1.91. The molecule has 1 amide bonds. The third kappa shape index (κ3) is 3.44. The van der Waals surface area contributed by atoms with Crippen molar-refractivity contribution in [3.63, 3.8) is 0 Å². The molecule has 3 N–H and O–H groups in total. The van der Waals surface area contributed by atoms with E-state index >= 15 is 0 Å². The number of hydrogen-bond acceptors (Lipinski definition) is 3. The van der Waals surface area contributed by atoms with E-state index in [0.29, 0.717) is 0 Å². The summed E-state index contributed by atoms with van der Waals surface area (Å²) in [6.07, 6.45) is 0.